The molecule has 76 valence electrons. The molecule has 0 spiro atoms. The number of halogens is 1. The average molecular weight is 246 g/mol. The second-order valence-corrected chi connectivity index (χ2v) is 4.48. The standard InChI is InChI=1S/C11H20BrN/c1-2-3-9-13-10-5-4-6-11(13)7-8-12/h2-3,11H,4-10H2,1H3/b3-2+. The molecule has 1 heterocycles. The zero-order valence-corrected chi connectivity index (χ0v) is 10.1. The molecule has 0 aliphatic carbocycles. The second-order valence-electron chi connectivity index (χ2n) is 3.69. The highest BCUT2D eigenvalue weighted by atomic mass is 79.9. The van der Waals surface area contributed by atoms with Crippen molar-refractivity contribution in [3.8, 4) is 0 Å². The molecule has 1 fully saturated rings. The molecule has 1 aliphatic heterocycles. The Labute approximate surface area is 90.3 Å². The van der Waals surface area contributed by atoms with Crippen molar-refractivity contribution < 1.29 is 0 Å². The fraction of sp³-hybridized carbons (Fsp3) is 0.818. The van der Waals surface area contributed by atoms with Crippen molar-refractivity contribution in [1.29, 1.82) is 0 Å². The van der Waals surface area contributed by atoms with Crippen LogP contribution in [0.5, 0.6) is 0 Å². The molecule has 0 aromatic carbocycles. The van der Waals surface area contributed by atoms with Gasteiger partial charge >= 0.3 is 0 Å². The molecular weight excluding hydrogens is 226 g/mol. The summed E-state index contributed by atoms with van der Waals surface area (Å²) >= 11 is 3.54. The Morgan fingerprint density at radius 1 is 1.46 bits per heavy atom. The maximum absolute atomic E-state index is 3.54. The Morgan fingerprint density at radius 2 is 2.31 bits per heavy atom. The van der Waals surface area contributed by atoms with Gasteiger partial charge in [0.2, 0.25) is 0 Å². The van der Waals surface area contributed by atoms with Crippen molar-refractivity contribution in [2.45, 2.75) is 38.6 Å². The van der Waals surface area contributed by atoms with E-state index in [1.165, 1.54) is 32.2 Å². The zero-order chi connectivity index (χ0) is 9.52. The second kappa shape index (κ2) is 6.61. The fourth-order valence-corrected chi connectivity index (χ4v) is 2.52. The molecule has 2 heteroatoms. The SMILES string of the molecule is C/C=C/CN1CCCCC1CCBr. The molecule has 1 rings (SSSR count). The van der Waals surface area contributed by atoms with E-state index in [4.69, 9.17) is 0 Å². The molecule has 13 heavy (non-hydrogen) atoms. The van der Waals surface area contributed by atoms with Crippen molar-refractivity contribution in [1.82, 2.24) is 4.90 Å². The van der Waals surface area contributed by atoms with Gasteiger partial charge in [0.15, 0.2) is 0 Å². The summed E-state index contributed by atoms with van der Waals surface area (Å²) in [6.45, 7) is 4.54. The van der Waals surface area contributed by atoms with Crippen LogP contribution in [0, 0.1) is 0 Å². The molecule has 1 aliphatic rings. The average Bonchev–Trinajstić information content (AvgIpc) is 2.17. The van der Waals surface area contributed by atoms with Gasteiger partial charge in [-0.1, -0.05) is 34.5 Å². The molecule has 0 aromatic heterocycles. The van der Waals surface area contributed by atoms with Crippen LogP contribution in [0.4, 0.5) is 0 Å². The van der Waals surface area contributed by atoms with Gasteiger partial charge in [0.05, 0.1) is 0 Å². The highest BCUT2D eigenvalue weighted by molar-refractivity contribution is 9.09. The highest BCUT2D eigenvalue weighted by Gasteiger charge is 2.19. The van der Waals surface area contributed by atoms with Crippen LogP contribution in [0.2, 0.25) is 0 Å². The van der Waals surface area contributed by atoms with Crippen LogP contribution in [0.1, 0.15) is 32.6 Å². The molecule has 0 saturated carbocycles. The van der Waals surface area contributed by atoms with Crippen molar-refractivity contribution in [2.24, 2.45) is 0 Å². The van der Waals surface area contributed by atoms with Crippen LogP contribution in [0.3, 0.4) is 0 Å². The summed E-state index contributed by atoms with van der Waals surface area (Å²) < 4.78 is 0. The van der Waals surface area contributed by atoms with E-state index in [1.807, 2.05) is 0 Å². The summed E-state index contributed by atoms with van der Waals surface area (Å²) in [5, 5.41) is 1.14. The van der Waals surface area contributed by atoms with Gasteiger partial charge < -0.3 is 0 Å². The first-order valence-corrected chi connectivity index (χ1v) is 6.41. The van der Waals surface area contributed by atoms with Gasteiger partial charge in [0.1, 0.15) is 0 Å². The molecule has 0 aromatic rings. The third-order valence-electron chi connectivity index (χ3n) is 2.77. The lowest BCUT2D eigenvalue weighted by Gasteiger charge is -2.34. The van der Waals surface area contributed by atoms with Crippen LogP contribution >= 0.6 is 15.9 Å². The van der Waals surface area contributed by atoms with Gasteiger partial charge in [-0.2, -0.15) is 0 Å². The summed E-state index contributed by atoms with van der Waals surface area (Å²) in [7, 11) is 0. The van der Waals surface area contributed by atoms with E-state index in [1.54, 1.807) is 0 Å². The number of hydrogen-bond acceptors (Lipinski definition) is 1. The van der Waals surface area contributed by atoms with Gasteiger partial charge in [0.25, 0.3) is 0 Å². The van der Waals surface area contributed by atoms with Gasteiger partial charge in [0, 0.05) is 17.9 Å². The normalized spacial score (nSPS) is 25.5. The first-order chi connectivity index (χ1) is 6.38. The number of allylic oxidation sites excluding steroid dienone is 1. The number of alkyl halides is 1. The number of rotatable bonds is 4. The van der Waals surface area contributed by atoms with E-state index in [9.17, 15) is 0 Å². The Morgan fingerprint density at radius 3 is 3.00 bits per heavy atom. The number of likely N-dealkylation sites (tertiary alicyclic amines) is 1. The molecule has 1 saturated heterocycles. The highest BCUT2D eigenvalue weighted by Crippen LogP contribution is 2.19. The largest absolute Gasteiger partial charge is 0.297 e. The van der Waals surface area contributed by atoms with Crippen LogP contribution in [-0.4, -0.2) is 29.4 Å². The molecule has 0 N–H and O–H groups in total. The lowest BCUT2D eigenvalue weighted by atomic mass is 10.0. The molecule has 0 bridgehead atoms. The summed E-state index contributed by atoms with van der Waals surface area (Å²) in [4.78, 5) is 2.62. The maximum Gasteiger partial charge on any atom is 0.0166 e. The van der Waals surface area contributed by atoms with Gasteiger partial charge in [-0.05, 0) is 32.7 Å². The zero-order valence-electron chi connectivity index (χ0n) is 8.51. The lowest BCUT2D eigenvalue weighted by molar-refractivity contribution is 0.162. The molecule has 1 atom stereocenters. The van der Waals surface area contributed by atoms with Gasteiger partial charge in [-0.25, -0.2) is 0 Å². The first kappa shape index (κ1) is 11.3. The van der Waals surface area contributed by atoms with E-state index in [2.05, 4.69) is 39.9 Å². The third-order valence-corrected chi connectivity index (χ3v) is 3.22. The van der Waals surface area contributed by atoms with Gasteiger partial charge in [-0.3, -0.25) is 4.90 Å². The lowest BCUT2D eigenvalue weighted by Crippen LogP contribution is -2.39. The van der Waals surface area contributed by atoms with Crippen LogP contribution in [0.25, 0.3) is 0 Å². The van der Waals surface area contributed by atoms with E-state index in [0.29, 0.717) is 0 Å². The van der Waals surface area contributed by atoms with Crippen molar-refractivity contribution in [3.63, 3.8) is 0 Å². The molecular formula is C11H20BrN. The Kier molecular flexibility index (Phi) is 5.72. The van der Waals surface area contributed by atoms with Crippen molar-refractivity contribution in [3.05, 3.63) is 12.2 Å². The maximum atomic E-state index is 3.54. The molecule has 1 nitrogen and oxygen atoms in total. The van der Waals surface area contributed by atoms with E-state index in [-0.39, 0.29) is 0 Å². The first-order valence-electron chi connectivity index (χ1n) is 5.29. The van der Waals surface area contributed by atoms with Crippen LogP contribution < -0.4 is 0 Å². The minimum absolute atomic E-state index is 0.823. The smallest absolute Gasteiger partial charge is 0.0166 e. The minimum atomic E-state index is 0.823. The third kappa shape index (κ3) is 3.82. The quantitative estimate of drug-likeness (QED) is 0.544. The van der Waals surface area contributed by atoms with Crippen LogP contribution in [-0.2, 0) is 0 Å². The number of nitrogens with zero attached hydrogens (tertiary/aromatic N) is 1. The van der Waals surface area contributed by atoms with Crippen molar-refractivity contribution >= 4 is 15.9 Å². The molecule has 1 unspecified atom stereocenters. The Balaban J connectivity index is 2.36. The van der Waals surface area contributed by atoms with E-state index < -0.39 is 0 Å². The summed E-state index contributed by atoms with van der Waals surface area (Å²) in [6.07, 6.45) is 9.92. The topological polar surface area (TPSA) is 3.24 Å². The van der Waals surface area contributed by atoms with E-state index >= 15 is 0 Å². The summed E-state index contributed by atoms with van der Waals surface area (Å²) in [6, 6.07) is 0.823. The molecule has 0 amide bonds. The number of hydrogen-bond donors (Lipinski definition) is 0. The number of piperidine rings is 1. The minimum Gasteiger partial charge on any atom is -0.297 e. The monoisotopic (exact) mass is 245 g/mol. The Bertz CT molecular complexity index is 154. The van der Waals surface area contributed by atoms with Crippen molar-refractivity contribution in [2.75, 3.05) is 18.4 Å². The summed E-state index contributed by atoms with van der Waals surface area (Å²) in [5.74, 6) is 0. The van der Waals surface area contributed by atoms with E-state index in [0.717, 1.165) is 17.9 Å². The van der Waals surface area contributed by atoms with Crippen LogP contribution in [0.15, 0.2) is 12.2 Å². The summed E-state index contributed by atoms with van der Waals surface area (Å²) in [5.41, 5.74) is 0. The predicted octanol–water partition coefficient (Wildman–Crippen LogP) is 3.20. The predicted molar refractivity (Wildman–Crippen MR) is 62.4 cm³/mol. The molecule has 0 radical (unpaired) electrons. The fourth-order valence-electron chi connectivity index (χ4n) is 1.99. The Hall–Kier alpha value is 0.180. The van der Waals surface area contributed by atoms with Gasteiger partial charge in [-0.15, -0.1) is 0 Å².